The van der Waals surface area contributed by atoms with Gasteiger partial charge in [0, 0.05) is 12.6 Å². The lowest BCUT2D eigenvalue weighted by Gasteiger charge is -2.05. The summed E-state index contributed by atoms with van der Waals surface area (Å²) in [5.74, 6) is -0.0507. The molecule has 0 atom stereocenters. The highest BCUT2D eigenvalue weighted by molar-refractivity contribution is 5.89. The topological polar surface area (TPSA) is 29.1 Å². The lowest BCUT2D eigenvalue weighted by molar-refractivity contribution is -0.114. The number of anilines is 1. The van der Waals surface area contributed by atoms with Crippen LogP contribution in [0.1, 0.15) is 6.92 Å². The summed E-state index contributed by atoms with van der Waals surface area (Å²) in [6.45, 7) is 1.51. The van der Waals surface area contributed by atoms with Crippen LogP contribution in [-0.4, -0.2) is 5.91 Å². The maximum atomic E-state index is 10.9. The highest BCUT2D eigenvalue weighted by atomic mass is 16.1. The molecule has 1 N–H and O–H groups in total. The Morgan fingerprint density at radius 1 is 0.938 bits per heavy atom. The van der Waals surface area contributed by atoms with Crippen molar-refractivity contribution in [2.45, 2.75) is 6.92 Å². The Balaban J connectivity index is 2.33. The van der Waals surface area contributed by atoms with Gasteiger partial charge >= 0.3 is 0 Å². The van der Waals surface area contributed by atoms with Crippen molar-refractivity contribution in [3.8, 4) is 11.1 Å². The molecule has 2 nitrogen and oxygen atoms in total. The SMILES string of the molecule is CC(=O)Nc1cccc(-c2ccccc2)c1. The Morgan fingerprint density at radius 3 is 2.31 bits per heavy atom. The van der Waals surface area contributed by atoms with E-state index in [1.807, 2.05) is 54.6 Å². The molecule has 1 amide bonds. The lowest BCUT2D eigenvalue weighted by atomic mass is 10.1. The van der Waals surface area contributed by atoms with Gasteiger partial charge in [-0.15, -0.1) is 0 Å². The van der Waals surface area contributed by atoms with Crippen LogP contribution in [0.5, 0.6) is 0 Å². The summed E-state index contributed by atoms with van der Waals surface area (Å²) in [5, 5.41) is 2.78. The first-order valence-electron chi connectivity index (χ1n) is 5.19. The zero-order valence-corrected chi connectivity index (χ0v) is 9.10. The van der Waals surface area contributed by atoms with Gasteiger partial charge in [-0.1, -0.05) is 42.5 Å². The second-order valence-electron chi connectivity index (χ2n) is 3.63. The molecular weight excluding hydrogens is 198 g/mol. The number of rotatable bonds is 2. The molecule has 0 fully saturated rings. The van der Waals surface area contributed by atoms with Crippen LogP contribution in [-0.2, 0) is 4.79 Å². The summed E-state index contributed by atoms with van der Waals surface area (Å²) in [5.41, 5.74) is 3.08. The second-order valence-corrected chi connectivity index (χ2v) is 3.63. The predicted octanol–water partition coefficient (Wildman–Crippen LogP) is 3.31. The van der Waals surface area contributed by atoms with E-state index in [0.717, 1.165) is 16.8 Å². The first-order valence-corrected chi connectivity index (χ1v) is 5.19. The van der Waals surface area contributed by atoms with E-state index in [-0.39, 0.29) is 5.91 Å². The maximum Gasteiger partial charge on any atom is 0.221 e. The molecule has 0 spiro atoms. The summed E-state index contributed by atoms with van der Waals surface area (Å²) < 4.78 is 0. The van der Waals surface area contributed by atoms with E-state index >= 15 is 0 Å². The molecule has 0 aliphatic rings. The predicted molar refractivity (Wildman–Crippen MR) is 66.2 cm³/mol. The molecule has 80 valence electrons. The Labute approximate surface area is 94.9 Å². The van der Waals surface area contributed by atoms with E-state index in [1.54, 1.807) is 0 Å². The van der Waals surface area contributed by atoms with Crippen LogP contribution in [0.4, 0.5) is 5.69 Å². The molecule has 2 rings (SSSR count). The molecular formula is C14H13NO. The van der Waals surface area contributed by atoms with Gasteiger partial charge in [-0.3, -0.25) is 4.79 Å². The number of carbonyl (C=O) groups is 1. The maximum absolute atomic E-state index is 10.9. The summed E-state index contributed by atoms with van der Waals surface area (Å²) >= 11 is 0. The Morgan fingerprint density at radius 2 is 1.62 bits per heavy atom. The average molecular weight is 211 g/mol. The van der Waals surface area contributed by atoms with Crippen molar-refractivity contribution >= 4 is 11.6 Å². The summed E-state index contributed by atoms with van der Waals surface area (Å²) in [4.78, 5) is 10.9. The molecule has 0 saturated carbocycles. The molecule has 0 radical (unpaired) electrons. The Hall–Kier alpha value is -2.09. The molecule has 0 heterocycles. The quantitative estimate of drug-likeness (QED) is 0.811. The van der Waals surface area contributed by atoms with E-state index < -0.39 is 0 Å². The molecule has 2 aromatic carbocycles. The largest absolute Gasteiger partial charge is 0.326 e. The summed E-state index contributed by atoms with van der Waals surface area (Å²) in [6.07, 6.45) is 0. The number of hydrogen-bond acceptors (Lipinski definition) is 1. The highest BCUT2D eigenvalue weighted by Crippen LogP contribution is 2.22. The molecule has 16 heavy (non-hydrogen) atoms. The van der Waals surface area contributed by atoms with Crippen LogP contribution in [0.15, 0.2) is 54.6 Å². The van der Waals surface area contributed by atoms with Gasteiger partial charge < -0.3 is 5.32 Å². The first kappa shape index (κ1) is 10.4. The van der Waals surface area contributed by atoms with Crippen LogP contribution in [0.2, 0.25) is 0 Å². The average Bonchev–Trinajstić information content (AvgIpc) is 2.30. The van der Waals surface area contributed by atoms with Gasteiger partial charge in [0.1, 0.15) is 0 Å². The fraction of sp³-hybridized carbons (Fsp3) is 0.0714. The zero-order chi connectivity index (χ0) is 11.4. The molecule has 0 saturated heterocycles. The molecule has 2 aromatic rings. The van der Waals surface area contributed by atoms with Gasteiger partial charge in [0.2, 0.25) is 5.91 Å². The first-order chi connectivity index (χ1) is 7.75. The number of amides is 1. The van der Waals surface area contributed by atoms with Crippen molar-refractivity contribution in [2.24, 2.45) is 0 Å². The van der Waals surface area contributed by atoms with E-state index in [9.17, 15) is 4.79 Å². The fourth-order valence-electron chi connectivity index (χ4n) is 1.61. The second kappa shape index (κ2) is 4.62. The van der Waals surface area contributed by atoms with Gasteiger partial charge in [-0.25, -0.2) is 0 Å². The lowest BCUT2D eigenvalue weighted by Crippen LogP contribution is -2.05. The van der Waals surface area contributed by atoms with Crippen molar-refractivity contribution in [3.05, 3.63) is 54.6 Å². The number of nitrogens with one attached hydrogen (secondary N) is 1. The normalized spacial score (nSPS) is 9.81. The van der Waals surface area contributed by atoms with Crippen LogP contribution < -0.4 is 5.32 Å². The number of carbonyl (C=O) groups excluding carboxylic acids is 1. The third-order valence-electron chi connectivity index (χ3n) is 2.29. The number of benzene rings is 2. The third-order valence-corrected chi connectivity index (χ3v) is 2.29. The van der Waals surface area contributed by atoms with Crippen molar-refractivity contribution in [1.82, 2.24) is 0 Å². The van der Waals surface area contributed by atoms with Crippen LogP contribution in [0.3, 0.4) is 0 Å². The molecule has 0 unspecified atom stereocenters. The van der Waals surface area contributed by atoms with Crippen LogP contribution in [0, 0.1) is 0 Å². The minimum atomic E-state index is -0.0507. The van der Waals surface area contributed by atoms with Gasteiger partial charge in [0.15, 0.2) is 0 Å². The highest BCUT2D eigenvalue weighted by Gasteiger charge is 1.99. The molecule has 0 aromatic heterocycles. The molecule has 2 heteroatoms. The van der Waals surface area contributed by atoms with Gasteiger partial charge in [-0.2, -0.15) is 0 Å². The van der Waals surface area contributed by atoms with Crippen LogP contribution in [0.25, 0.3) is 11.1 Å². The summed E-state index contributed by atoms with van der Waals surface area (Å²) in [6, 6.07) is 17.9. The van der Waals surface area contributed by atoms with Gasteiger partial charge in [0.05, 0.1) is 0 Å². The van der Waals surface area contributed by atoms with Crippen molar-refractivity contribution in [3.63, 3.8) is 0 Å². The van der Waals surface area contributed by atoms with E-state index in [0.29, 0.717) is 0 Å². The standard InChI is InChI=1S/C14H13NO/c1-11(16)15-14-9-5-8-13(10-14)12-6-3-2-4-7-12/h2-10H,1H3,(H,15,16). The molecule has 0 bridgehead atoms. The monoisotopic (exact) mass is 211 g/mol. The van der Waals surface area contributed by atoms with Crippen molar-refractivity contribution < 1.29 is 4.79 Å². The minimum Gasteiger partial charge on any atom is -0.326 e. The van der Waals surface area contributed by atoms with E-state index in [4.69, 9.17) is 0 Å². The number of hydrogen-bond donors (Lipinski definition) is 1. The van der Waals surface area contributed by atoms with Gasteiger partial charge in [0.25, 0.3) is 0 Å². The minimum absolute atomic E-state index is 0.0507. The van der Waals surface area contributed by atoms with E-state index in [2.05, 4.69) is 5.32 Å². The van der Waals surface area contributed by atoms with Crippen molar-refractivity contribution in [1.29, 1.82) is 0 Å². The summed E-state index contributed by atoms with van der Waals surface area (Å²) in [7, 11) is 0. The fourth-order valence-corrected chi connectivity index (χ4v) is 1.61. The van der Waals surface area contributed by atoms with E-state index in [1.165, 1.54) is 6.92 Å². The van der Waals surface area contributed by atoms with Crippen LogP contribution >= 0.6 is 0 Å². The van der Waals surface area contributed by atoms with Crippen molar-refractivity contribution in [2.75, 3.05) is 5.32 Å². The third kappa shape index (κ3) is 2.48. The Bertz CT molecular complexity index is 491. The Kier molecular flexibility index (Phi) is 3.01. The molecule has 0 aliphatic heterocycles. The molecule has 0 aliphatic carbocycles. The zero-order valence-electron chi connectivity index (χ0n) is 9.10. The smallest absolute Gasteiger partial charge is 0.221 e. The van der Waals surface area contributed by atoms with Gasteiger partial charge in [-0.05, 0) is 23.3 Å².